The van der Waals surface area contributed by atoms with E-state index in [1.165, 1.54) is 0 Å². The van der Waals surface area contributed by atoms with Gasteiger partial charge in [-0.15, -0.1) is 0 Å². The van der Waals surface area contributed by atoms with Gasteiger partial charge in [0.2, 0.25) is 23.6 Å². The number of likely N-dealkylation sites (tertiary alicyclic amines) is 2. The van der Waals surface area contributed by atoms with Crippen molar-refractivity contribution in [1.29, 1.82) is 0 Å². The molecule has 2 saturated heterocycles. The minimum atomic E-state index is -0.515. The van der Waals surface area contributed by atoms with Gasteiger partial charge in [-0.3, -0.25) is 29.1 Å². The average molecular weight is 617 g/mol. The fourth-order valence-corrected chi connectivity index (χ4v) is 6.11. The molecule has 6 rings (SSSR count). The number of pyridine rings is 2. The Morgan fingerprint density at radius 2 is 1.00 bits per heavy atom. The highest BCUT2D eigenvalue weighted by Crippen LogP contribution is 2.24. The van der Waals surface area contributed by atoms with Crippen LogP contribution in [0.25, 0.3) is 11.4 Å². The summed E-state index contributed by atoms with van der Waals surface area (Å²) in [5.41, 5.74) is 4.11. The maximum atomic E-state index is 13.1. The maximum absolute atomic E-state index is 13.1. The van der Waals surface area contributed by atoms with Crippen LogP contribution in [-0.4, -0.2) is 68.6 Å². The Morgan fingerprint density at radius 1 is 0.587 bits per heavy atom. The van der Waals surface area contributed by atoms with E-state index in [0.717, 1.165) is 24.0 Å². The van der Waals surface area contributed by atoms with Gasteiger partial charge in [-0.2, -0.15) is 0 Å². The highest BCUT2D eigenvalue weighted by molar-refractivity contribution is 5.98. The molecule has 0 aliphatic carbocycles. The quantitative estimate of drug-likeness (QED) is 0.286. The minimum Gasteiger partial charge on any atom is -0.330 e. The van der Waals surface area contributed by atoms with Crippen molar-refractivity contribution in [2.45, 2.75) is 50.6 Å². The Labute approximate surface area is 267 Å². The van der Waals surface area contributed by atoms with Crippen LogP contribution in [0.2, 0.25) is 0 Å². The molecular weight excluding hydrogens is 580 g/mol. The van der Waals surface area contributed by atoms with E-state index in [4.69, 9.17) is 0 Å². The van der Waals surface area contributed by atoms with Crippen molar-refractivity contribution in [3.05, 3.63) is 108 Å². The summed E-state index contributed by atoms with van der Waals surface area (Å²) in [5.74, 6) is -0.566. The summed E-state index contributed by atoms with van der Waals surface area (Å²) >= 11 is 0. The fourth-order valence-electron chi connectivity index (χ4n) is 6.11. The molecule has 0 spiro atoms. The first kappa shape index (κ1) is 30.6. The van der Waals surface area contributed by atoms with Crippen LogP contribution in [0, 0.1) is 0 Å². The Morgan fingerprint density at radius 3 is 1.37 bits per heavy atom. The van der Waals surface area contributed by atoms with E-state index in [2.05, 4.69) is 20.6 Å². The number of aromatic nitrogens is 2. The fraction of sp³-hybridized carbons (Fsp3) is 0.278. The van der Waals surface area contributed by atoms with Gasteiger partial charge in [0.25, 0.3) is 0 Å². The number of hydrogen-bond acceptors (Lipinski definition) is 6. The average Bonchev–Trinajstić information content (AvgIpc) is 3.78. The predicted octanol–water partition coefficient (Wildman–Crippen LogP) is 4.49. The van der Waals surface area contributed by atoms with E-state index in [1.54, 1.807) is 46.5 Å². The highest BCUT2D eigenvalue weighted by atomic mass is 16.2. The normalized spacial score (nSPS) is 17.5. The van der Waals surface area contributed by atoms with Gasteiger partial charge in [0.05, 0.1) is 48.0 Å². The number of nitrogens with one attached hydrogen (secondary N) is 2. The van der Waals surface area contributed by atoms with E-state index < -0.39 is 12.1 Å². The molecule has 234 valence electrons. The standard InChI is InChI=1S/C36H36N6O4/c43-33(21-25-9-3-1-4-10-25)41-19-7-13-31(41)35(45)39-27-15-17-29(37-23-27)30-18-16-28(24-38-30)40-36(46)32-14-8-20-42(32)34(44)22-26-11-5-2-6-12-26/h1-6,9-12,15-18,23-24,31-32H,7-8,13-14,19-22H2,(H,39,45)(H,40,46)/t31-,32-/m0/s1. The van der Waals surface area contributed by atoms with Crippen molar-refractivity contribution in [2.75, 3.05) is 23.7 Å². The van der Waals surface area contributed by atoms with Crippen LogP contribution in [0.4, 0.5) is 11.4 Å². The summed E-state index contributed by atoms with van der Waals surface area (Å²) in [6.07, 6.45) is 6.47. The molecule has 2 aromatic carbocycles. The Kier molecular flexibility index (Phi) is 9.43. The molecule has 4 heterocycles. The van der Waals surface area contributed by atoms with E-state index in [1.807, 2.05) is 60.7 Å². The van der Waals surface area contributed by atoms with Gasteiger partial charge in [-0.1, -0.05) is 60.7 Å². The van der Waals surface area contributed by atoms with Crippen LogP contribution >= 0.6 is 0 Å². The number of rotatable bonds is 9. The summed E-state index contributed by atoms with van der Waals surface area (Å²) in [5, 5.41) is 5.80. The van der Waals surface area contributed by atoms with Crippen molar-refractivity contribution in [1.82, 2.24) is 19.8 Å². The second kappa shape index (κ2) is 14.2. The first-order chi connectivity index (χ1) is 22.4. The summed E-state index contributed by atoms with van der Waals surface area (Å²) in [4.78, 5) is 64.3. The van der Waals surface area contributed by atoms with E-state index in [0.29, 0.717) is 48.7 Å². The molecule has 0 unspecified atom stereocenters. The Bertz CT molecular complexity index is 1550. The van der Waals surface area contributed by atoms with Crippen LogP contribution < -0.4 is 10.6 Å². The molecule has 2 N–H and O–H groups in total. The topological polar surface area (TPSA) is 125 Å². The van der Waals surface area contributed by atoms with Crippen molar-refractivity contribution in [3.63, 3.8) is 0 Å². The molecule has 2 fully saturated rings. The van der Waals surface area contributed by atoms with Crippen LogP contribution in [0.5, 0.6) is 0 Å². The maximum Gasteiger partial charge on any atom is 0.247 e. The summed E-state index contributed by atoms with van der Waals surface area (Å²) in [6, 6.07) is 25.1. The van der Waals surface area contributed by atoms with Gasteiger partial charge in [0.1, 0.15) is 12.1 Å². The van der Waals surface area contributed by atoms with Gasteiger partial charge in [0.15, 0.2) is 0 Å². The Balaban J connectivity index is 1.02. The van der Waals surface area contributed by atoms with Crippen LogP contribution in [0.15, 0.2) is 97.3 Å². The smallest absolute Gasteiger partial charge is 0.247 e. The first-order valence-corrected chi connectivity index (χ1v) is 15.7. The molecule has 4 aromatic rings. The predicted molar refractivity (Wildman–Crippen MR) is 174 cm³/mol. The number of anilines is 2. The molecule has 2 atom stereocenters. The number of carbonyl (C=O) groups is 4. The molecule has 0 saturated carbocycles. The minimum absolute atomic E-state index is 0.0554. The van der Waals surface area contributed by atoms with Gasteiger partial charge in [0, 0.05) is 13.1 Å². The van der Waals surface area contributed by atoms with Crippen molar-refractivity contribution < 1.29 is 19.2 Å². The summed E-state index contributed by atoms with van der Waals surface area (Å²) < 4.78 is 0. The molecule has 10 heteroatoms. The number of carbonyl (C=O) groups excluding carboxylic acids is 4. The van der Waals surface area contributed by atoms with Gasteiger partial charge >= 0.3 is 0 Å². The van der Waals surface area contributed by atoms with Crippen LogP contribution in [0.3, 0.4) is 0 Å². The molecule has 2 aromatic heterocycles. The van der Waals surface area contributed by atoms with E-state index in [9.17, 15) is 19.2 Å². The lowest BCUT2D eigenvalue weighted by Gasteiger charge is -2.24. The van der Waals surface area contributed by atoms with E-state index >= 15 is 0 Å². The summed E-state index contributed by atoms with van der Waals surface area (Å²) in [7, 11) is 0. The molecule has 10 nitrogen and oxygen atoms in total. The molecular formula is C36H36N6O4. The van der Waals surface area contributed by atoms with Crippen LogP contribution in [0.1, 0.15) is 36.8 Å². The third-order valence-corrected chi connectivity index (χ3v) is 8.47. The molecule has 0 bridgehead atoms. The largest absolute Gasteiger partial charge is 0.330 e. The molecule has 2 aliphatic heterocycles. The first-order valence-electron chi connectivity index (χ1n) is 15.7. The van der Waals surface area contributed by atoms with Crippen molar-refractivity contribution >= 4 is 35.0 Å². The molecule has 4 amide bonds. The number of benzene rings is 2. The second-order valence-electron chi connectivity index (χ2n) is 11.7. The van der Waals surface area contributed by atoms with Gasteiger partial charge in [-0.05, 0) is 61.1 Å². The molecule has 0 radical (unpaired) electrons. The van der Waals surface area contributed by atoms with E-state index in [-0.39, 0.29) is 36.5 Å². The number of amides is 4. The van der Waals surface area contributed by atoms with Crippen molar-refractivity contribution in [3.8, 4) is 11.4 Å². The van der Waals surface area contributed by atoms with Gasteiger partial charge in [-0.25, -0.2) is 0 Å². The highest BCUT2D eigenvalue weighted by Gasteiger charge is 2.35. The van der Waals surface area contributed by atoms with Gasteiger partial charge < -0.3 is 20.4 Å². The molecule has 46 heavy (non-hydrogen) atoms. The third-order valence-electron chi connectivity index (χ3n) is 8.47. The number of nitrogens with zero attached hydrogens (tertiary/aromatic N) is 4. The Hall–Kier alpha value is -5.38. The second-order valence-corrected chi connectivity index (χ2v) is 11.7. The van der Waals surface area contributed by atoms with Crippen LogP contribution in [-0.2, 0) is 32.0 Å². The monoisotopic (exact) mass is 616 g/mol. The lowest BCUT2D eigenvalue weighted by Crippen LogP contribution is -2.43. The number of hydrogen-bond donors (Lipinski definition) is 2. The lowest BCUT2D eigenvalue weighted by atomic mass is 10.1. The summed E-state index contributed by atoms with van der Waals surface area (Å²) in [6.45, 7) is 1.13. The zero-order chi connectivity index (χ0) is 31.9. The third kappa shape index (κ3) is 7.28. The zero-order valence-electron chi connectivity index (χ0n) is 25.5. The lowest BCUT2D eigenvalue weighted by molar-refractivity contribution is -0.136. The SMILES string of the molecule is O=C(Nc1ccc(-c2ccc(NC(=O)[C@@H]3CCCN3C(=O)Cc3ccccc3)cn2)nc1)[C@@H]1CCCN1C(=O)Cc1ccccc1. The van der Waals surface area contributed by atoms with Crippen molar-refractivity contribution in [2.24, 2.45) is 0 Å². The zero-order valence-corrected chi connectivity index (χ0v) is 25.5. The molecule has 2 aliphatic rings.